The van der Waals surface area contributed by atoms with Gasteiger partial charge in [0.1, 0.15) is 0 Å². The summed E-state index contributed by atoms with van der Waals surface area (Å²) in [6.07, 6.45) is 3.77. The molecule has 0 aliphatic heterocycles. The van der Waals surface area contributed by atoms with Crippen LogP contribution in [0.3, 0.4) is 0 Å². The van der Waals surface area contributed by atoms with Gasteiger partial charge in [0.25, 0.3) is 0 Å². The van der Waals surface area contributed by atoms with Gasteiger partial charge in [-0.1, -0.05) is 36.4 Å². The fraction of sp³-hybridized carbons (Fsp3) is 0.0588. The number of rotatable bonds is 2. The molecule has 19 heavy (non-hydrogen) atoms. The second-order valence-electron chi connectivity index (χ2n) is 4.49. The molecule has 3 rings (SSSR count). The Morgan fingerprint density at radius 1 is 0.632 bits per heavy atom. The van der Waals surface area contributed by atoms with Crippen LogP contribution in [-0.4, -0.2) is 9.97 Å². The second-order valence-corrected chi connectivity index (χ2v) is 4.49. The summed E-state index contributed by atoms with van der Waals surface area (Å²) in [6, 6.07) is 18.4. The van der Waals surface area contributed by atoms with Crippen molar-refractivity contribution in [3.8, 4) is 22.4 Å². The first-order chi connectivity index (χ1) is 9.33. The molecular formula is C17H14N2. The summed E-state index contributed by atoms with van der Waals surface area (Å²) in [5.41, 5.74) is 5.33. The van der Waals surface area contributed by atoms with Crippen LogP contribution in [0, 0.1) is 6.92 Å². The minimum absolute atomic E-state index is 0.951. The molecule has 0 atom stereocenters. The summed E-state index contributed by atoms with van der Waals surface area (Å²) in [7, 11) is 0. The average molecular weight is 246 g/mol. The summed E-state index contributed by atoms with van der Waals surface area (Å²) >= 11 is 0. The predicted octanol–water partition coefficient (Wildman–Crippen LogP) is 4.12. The van der Waals surface area contributed by atoms with Gasteiger partial charge in [-0.05, 0) is 30.7 Å². The molecule has 1 aromatic carbocycles. The summed E-state index contributed by atoms with van der Waals surface area (Å²) in [4.78, 5) is 8.81. The van der Waals surface area contributed by atoms with Gasteiger partial charge in [-0.15, -0.1) is 0 Å². The molecule has 2 aromatic heterocycles. The largest absolute Gasteiger partial charge is 0.261 e. The maximum atomic E-state index is 4.51. The van der Waals surface area contributed by atoms with Crippen LogP contribution in [0.15, 0.2) is 67.0 Å². The normalized spacial score (nSPS) is 10.4. The van der Waals surface area contributed by atoms with E-state index >= 15 is 0 Å². The third kappa shape index (κ3) is 2.52. The zero-order valence-corrected chi connectivity index (χ0v) is 10.7. The SMILES string of the molecule is Cc1ccc(-c2ccc(-c3ccccc3)cn2)cn1. The molecule has 0 amide bonds. The van der Waals surface area contributed by atoms with E-state index in [0.717, 1.165) is 22.5 Å². The molecule has 0 aliphatic carbocycles. The Bertz CT molecular complexity index is 656. The van der Waals surface area contributed by atoms with E-state index in [1.807, 2.05) is 55.7 Å². The first kappa shape index (κ1) is 11.6. The van der Waals surface area contributed by atoms with Crippen LogP contribution in [0.4, 0.5) is 0 Å². The Balaban J connectivity index is 1.93. The maximum absolute atomic E-state index is 4.51. The first-order valence-electron chi connectivity index (χ1n) is 6.27. The van der Waals surface area contributed by atoms with Crippen LogP contribution in [0.25, 0.3) is 22.4 Å². The highest BCUT2D eigenvalue weighted by molar-refractivity contribution is 5.66. The Kier molecular flexibility index (Phi) is 3.07. The average Bonchev–Trinajstić information content (AvgIpc) is 2.49. The lowest BCUT2D eigenvalue weighted by molar-refractivity contribution is 1.19. The lowest BCUT2D eigenvalue weighted by atomic mass is 10.1. The number of aromatic nitrogens is 2. The van der Waals surface area contributed by atoms with E-state index in [9.17, 15) is 0 Å². The van der Waals surface area contributed by atoms with Gasteiger partial charge < -0.3 is 0 Å². The zero-order chi connectivity index (χ0) is 13.1. The molecule has 2 heterocycles. The molecule has 2 nitrogen and oxygen atoms in total. The van der Waals surface area contributed by atoms with Gasteiger partial charge in [0.05, 0.1) is 5.69 Å². The van der Waals surface area contributed by atoms with Crippen molar-refractivity contribution < 1.29 is 0 Å². The van der Waals surface area contributed by atoms with Gasteiger partial charge in [0.15, 0.2) is 0 Å². The molecule has 3 aromatic rings. The summed E-state index contributed by atoms with van der Waals surface area (Å²) in [5, 5.41) is 0. The Labute approximate surface area is 112 Å². The number of nitrogens with zero attached hydrogens (tertiary/aromatic N) is 2. The third-order valence-electron chi connectivity index (χ3n) is 3.08. The Morgan fingerprint density at radius 2 is 1.37 bits per heavy atom. The second kappa shape index (κ2) is 5.02. The smallest absolute Gasteiger partial charge is 0.0717 e. The molecule has 0 spiro atoms. The van der Waals surface area contributed by atoms with Crippen molar-refractivity contribution in [3.63, 3.8) is 0 Å². The van der Waals surface area contributed by atoms with E-state index in [2.05, 4.69) is 28.2 Å². The van der Waals surface area contributed by atoms with Gasteiger partial charge in [-0.3, -0.25) is 9.97 Å². The first-order valence-corrected chi connectivity index (χ1v) is 6.27. The Hall–Kier alpha value is -2.48. The standard InChI is InChI=1S/C17H14N2/c1-13-7-8-16(12-18-13)17-10-9-15(11-19-17)14-5-3-2-4-6-14/h2-12H,1H3. The number of aryl methyl sites for hydroxylation is 1. The fourth-order valence-corrected chi connectivity index (χ4v) is 1.99. The summed E-state index contributed by atoms with van der Waals surface area (Å²) in [5.74, 6) is 0. The molecule has 0 saturated heterocycles. The van der Waals surface area contributed by atoms with Crippen LogP contribution < -0.4 is 0 Å². The van der Waals surface area contributed by atoms with Crippen LogP contribution >= 0.6 is 0 Å². The van der Waals surface area contributed by atoms with E-state index in [1.165, 1.54) is 5.56 Å². The molecule has 0 fully saturated rings. The molecule has 0 radical (unpaired) electrons. The quantitative estimate of drug-likeness (QED) is 0.679. The van der Waals surface area contributed by atoms with Crippen LogP contribution in [0.1, 0.15) is 5.69 Å². The van der Waals surface area contributed by atoms with E-state index < -0.39 is 0 Å². The fourth-order valence-electron chi connectivity index (χ4n) is 1.99. The van der Waals surface area contributed by atoms with Gasteiger partial charge in [0, 0.05) is 29.2 Å². The number of hydrogen-bond acceptors (Lipinski definition) is 2. The molecule has 0 N–H and O–H groups in total. The predicted molar refractivity (Wildman–Crippen MR) is 77.6 cm³/mol. The van der Waals surface area contributed by atoms with Crippen molar-refractivity contribution in [1.82, 2.24) is 9.97 Å². The van der Waals surface area contributed by atoms with E-state index in [1.54, 1.807) is 0 Å². The highest BCUT2D eigenvalue weighted by Gasteiger charge is 2.01. The minimum atomic E-state index is 0.951. The topological polar surface area (TPSA) is 25.8 Å². The highest BCUT2D eigenvalue weighted by atomic mass is 14.7. The zero-order valence-electron chi connectivity index (χ0n) is 10.7. The number of hydrogen-bond donors (Lipinski definition) is 0. The van der Waals surface area contributed by atoms with E-state index in [0.29, 0.717) is 0 Å². The lowest BCUT2D eigenvalue weighted by Crippen LogP contribution is -1.87. The van der Waals surface area contributed by atoms with Crippen molar-refractivity contribution >= 4 is 0 Å². The molecule has 0 aliphatic rings. The summed E-state index contributed by atoms with van der Waals surface area (Å²) in [6.45, 7) is 1.98. The minimum Gasteiger partial charge on any atom is -0.261 e. The maximum Gasteiger partial charge on any atom is 0.0717 e. The van der Waals surface area contributed by atoms with Gasteiger partial charge in [-0.25, -0.2) is 0 Å². The molecule has 0 bridgehead atoms. The molecule has 0 unspecified atom stereocenters. The van der Waals surface area contributed by atoms with Crippen LogP contribution in [0.5, 0.6) is 0 Å². The van der Waals surface area contributed by atoms with Gasteiger partial charge in [-0.2, -0.15) is 0 Å². The third-order valence-corrected chi connectivity index (χ3v) is 3.08. The molecule has 92 valence electrons. The highest BCUT2D eigenvalue weighted by Crippen LogP contribution is 2.21. The monoisotopic (exact) mass is 246 g/mol. The summed E-state index contributed by atoms with van der Waals surface area (Å²) < 4.78 is 0. The van der Waals surface area contributed by atoms with Crippen LogP contribution in [-0.2, 0) is 0 Å². The van der Waals surface area contributed by atoms with Crippen molar-refractivity contribution in [2.45, 2.75) is 6.92 Å². The number of benzene rings is 1. The van der Waals surface area contributed by atoms with Crippen molar-refractivity contribution in [1.29, 1.82) is 0 Å². The Morgan fingerprint density at radius 3 is 2.00 bits per heavy atom. The van der Waals surface area contributed by atoms with Crippen molar-refractivity contribution in [2.24, 2.45) is 0 Å². The van der Waals surface area contributed by atoms with Gasteiger partial charge in [0.2, 0.25) is 0 Å². The molecular weight excluding hydrogens is 232 g/mol. The van der Waals surface area contributed by atoms with E-state index in [4.69, 9.17) is 0 Å². The van der Waals surface area contributed by atoms with Crippen LogP contribution in [0.2, 0.25) is 0 Å². The molecule has 2 heteroatoms. The molecule has 0 saturated carbocycles. The van der Waals surface area contributed by atoms with Crippen molar-refractivity contribution in [3.05, 3.63) is 72.7 Å². The van der Waals surface area contributed by atoms with Gasteiger partial charge >= 0.3 is 0 Å². The number of pyridine rings is 2. The van der Waals surface area contributed by atoms with Crippen molar-refractivity contribution in [2.75, 3.05) is 0 Å². The lowest BCUT2D eigenvalue weighted by Gasteiger charge is -2.04. The van der Waals surface area contributed by atoms with E-state index in [-0.39, 0.29) is 0 Å².